The summed E-state index contributed by atoms with van der Waals surface area (Å²) in [6, 6.07) is 92.6. The maximum Gasteiger partial charge on any atom is 0.143 e. The van der Waals surface area contributed by atoms with Crippen LogP contribution >= 0.6 is 0 Å². The molecule has 0 unspecified atom stereocenters. The normalized spacial score (nSPS) is 11.8. The summed E-state index contributed by atoms with van der Waals surface area (Å²) in [6.07, 6.45) is 0. The number of anilines is 3. The zero-order valence-corrected chi connectivity index (χ0v) is 37.6. The highest BCUT2D eigenvalue weighted by Gasteiger charge is 2.26. The molecule has 322 valence electrons. The maximum atomic E-state index is 7.07. The Labute approximate surface area is 399 Å². The van der Waals surface area contributed by atoms with E-state index in [2.05, 4.69) is 264 Å². The van der Waals surface area contributed by atoms with Crippen molar-refractivity contribution in [2.45, 2.75) is 0 Å². The molecule has 14 rings (SSSR count). The summed E-state index contributed by atoms with van der Waals surface area (Å²) < 4.78 is 9.45. The van der Waals surface area contributed by atoms with Crippen molar-refractivity contribution in [3.63, 3.8) is 0 Å². The molecule has 0 saturated heterocycles. The molecule has 0 aliphatic heterocycles. The summed E-state index contributed by atoms with van der Waals surface area (Å²) in [7, 11) is 0. The van der Waals surface area contributed by atoms with E-state index in [0.29, 0.717) is 0 Å². The van der Waals surface area contributed by atoms with E-state index in [0.717, 1.165) is 94.0 Å². The predicted octanol–water partition coefficient (Wildman–Crippen LogP) is 18.6. The summed E-state index contributed by atoms with van der Waals surface area (Å²) in [5.74, 6) is 0. The van der Waals surface area contributed by atoms with Crippen LogP contribution in [-0.4, -0.2) is 4.57 Å². The number of nitrogens with zero attached hydrogens (tertiary/aromatic N) is 2. The number of fused-ring (bicyclic) bond motifs is 10. The molecule has 0 fully saturated rings. The molecule has 0 spiro atoms. The molecule has 0 bridgehead atoms. The van der Waals surface area contributed by atoms with Gasteiger partial charge in [0.25, 0.3) is 0 Å². The van der Waals surface area contributed by atoms with Gasteiger partial charge >= 0.3 is 0 Å². The minimum atomic E-state index is 0.886. The first-order valence-corrected chi connectivity index (χ1v) is 23.7. The molecule has 12 aromatic carbocycles. The van der Waals surface area contributed by atoms with Gasteiger partial charge in [-0.3, -0.25) is 0 Å². The van der Waals surface area contributed by atoms with Crippen molar-refractivity contribution in [1.82, 2.24) is 4.57 Å². The minimum Gasteiger partial charge on any atom is -0.455 e. The fraction of sp³-hybridized carbons (Fsp3) is 0. The fourth-order valence-electron chi connectivity index (χ4n) is 11.1. The van der Waals surface area contributed by atoms with Gasteiger partial charge < -0.3 is 13.9 Å². The van der Waals surface area contributed by atoms with Crippen LogP contribution in [0.2, 0.25) is 0 Å². The largest absolute Gasteiger partial charge is 0.455 e. The smallest absolute Gasteiger partial charge is 0.143 e. The number of para-hydroxylation sites is 4. The van der Waals surface area contributed by atoms with Crippen molar-refractivity contribution in [2.75, 3.05) is 4.90 Å². The van der Waals surface area contributed by atoms with Gasteiger partial charge in [0.1, 0.15) is 11.2 Å². The van der Waals surface area contributed by atoms with E-state index >= 15 is 0 Å². The van der Waals surface area contributed by atoms with Crippen LogP contribution in [0.25, 0.3) is 115 Å². The Morgan fingerprint density at radius 2 is 0.942 bits per heavy atom. The van der Waals surface area contributed by atoms with E-state index in [1.54, 1.807) is 0 Å². The highest BCUT2D eigenvalue weighted by Crippen LogP contribution is 2.52. The van der Waals surface area contributed by atoms with E-state index in [9.17, 15) is 0 Å². The van der Waals surface area contributed by atoms with Crippen LogP contribution < -0.4 is 4.90 Å². The van der Waals surface area contributed by atoms with Gasteiger partial charge in [0.15, 0.2) is 0 Å². The maximum absolute atomic E-state index is 7.07. The molecule has 0 amide bonds. The van der Waals surface area contributed by atoms with Gasteiger partial charge in [-0.15, -0.1) is 0 Å². The van der Waals surface area contributed by atoms with Crippen LogP contribution in [0.1, 0.15) is 0 Å². The van der Waals surface area contributed by atoms with Gasteiger partial charge in [-0.25, -0.2) is 0 Å². The molecule has 0 aliphatic carbocycles. The van der Waals surface area contributed by atoms with Crippen LogP contribution in [-0.2, 0) is 0 Å². The van der Waals surface area contributed by atoms with Gasteiger partial charge in [-0.05, 0) is 111 Å². The molecule has 2 aromatic heterocycles. The summed E-state index contributed by atoms with van der Waals surface area (Å²) in [5, 5.41) is 11.6. The number of hydrogen-bond donors (Lipinski definition) is 0. The summed E-state index contributed by atoms with van der Waals surface area (Å²) >= 11 is 0. The zero-order valence-electron chi connectivity index (χ0n) is 37.6. The SMILES string of the molecule is c1ccc(-c2ccc3c(N(c4ccccc4)c4ccc5c(c4)c4ccccc4n5-c4ccccc4)c4cc(-c5ccccc5)ccc4c(-c4cccc5c4oc4ccc6ccccc6c45)c3c2)cc1. The first-order valence-electron chi connectivity index (χ1n) is 23.7. The van der Waals surface area contributed by atoms with E-state index < -0.39 is 0 Å². The number of aromatic nitrogens is 1. The van der Waals surface area contributed by atoms with Crippen molar-refractivity contribution >= 4 is 93.1 Å². The number of furan rings is 1. The third-order valence-corrected chi connectivity index (χ3v) is 14.1. The van der Waals surface area contributed by atoms with Gasteiger partial charge in [-0.2, -0.15) is 0 Å². The Morgan fingerprint density at radius 1 is 0.333 bits per heavy atom. The highest BCUT2D eigenvalue weighted by atomic mass is 16.3. The van der Waals surface area contributed by atoms with E-state index in [4.69, 9.17) is 4.42 Å². The minimum absolute atomic E-state index is 0.886. The second-order valence-electron chi connectivity index (χ2n) is 18.0. The van der Waals surface area contributed by atoms with Crippen molar-refractivity contribution in [3.8, 4) is 39.1 Å². The highest BCUT2D eigenvalue weighted by molar-refractivity contribution is 6.27. The van der Waals surface area contributed by atoms with Gasteiger partial charge in [0, 0.05) is 60.5 Å². The molecule has 69 heavy (non-hydrogen) atoms. The van der Waals surface area contributed by atoms with Crippen LogP contribution in [0.4, 0.5) is 17.1 Å². The van der Waals surface area contributed by atoms with E-state index in [1.807, 2.05) is 0 Å². The topological polar surface area (TPSA) is 21.3 Å². The second-order valence-corrected chi connectivity index (χ2v) is 18.0. The Morgan fingerprint density at radius 3 is 1.70 bits per heavy atom. The lowest BCUT2D eigenvalue weighted by Gasteiger charge is -2.30. The van der Waals surface area contributed by atoms with Crippen molar-refractivity contribution in [2.24, 2.45) is 0 Å². The molecule has 2 heterocycles. The number of benzene rings is 12. The Balaban J connectivity index is 1.13. The molecular formula is C66H42N2O. The third-order valence-electron chi connectivity index (χ3n) is 14.1. The van der Waals surface area contributed by atoms with Crippen molar-refractivity contribution < 1.29 is 4.42 Å². The average molecular weight is 879 g/mol. The first kappa shape index (κ1) is 39.0. The Bertz CT molecular complexity index is 4290. The molecule has 0 atom stereocenters. The fourth-order valence-corrected chi connectivity index (χ4v) is 11.1. The molecule has 0 saturated carbocycles. The molecule has 0 radical (unpaired) electrons. The van der Waals surface area contributed by atoms with Gasteiger partial charge in [0.05, 0.1) is 16.7 Å². The van der Waals surface area contributed by atoms with Crippen LogP contribution in [0.3, 0.4) is 0 Å². The zero-order chi connectivity index (χ0) is 45.4. The van der Waals surface area contributed by atoms with Crippen LogP contribution in [0, 0.1) is 0 Å². The summed E-state index contributed by atoms with van der Waals surface area (Å²) in [5.41, 5.74) is 15.3. The quantitative estimate of drug-likeness (QED) is 0.149. The number of hydrogen-bond acceptors (Lipinski definition) is 2. The molecule has 0 aliphatic rings. The lowest BCUT2D eigenvalue weighted by molar-refractivity contribution is 0.670. The Kier molecular flexibility index (Phi) is 8.90. The molecular weight excluding hydrogens is 837 g/mol. The van der Waals surface area contributed by atoms with E-state index in [-0.39, 0.29) is 0 Å². The van der Waals surface area contributed by atoms with Crippen LogP contribution in [0.5, 0.6) is 0 Å². The Hall–Kier alpha value is -9.18. The summed E-state index contributed by atoms with van der Waals surface area (Å²) in [6.45, 7) is 0. The van der Waals surface area contributed by atoms with Crippen molar-refractivity contribution in [1.29, 1.82) is 0 Å². The standard InChI is InChI=1S/C66H42N2O/c1-5-18-43(19-6-1)46-33-37-54-58(40-46)63(55-29-17-30-56-64-51-27-14-13-22-45(51)34-39-62(64)69-66(55)56)53-36-32-47(44-20-7-2-8-21-44)41-59(53)65(54)67(48-23-9-3-10-24-48)50-35-38-61-57(42-50)52-28-15-16-31-60(52)68(61)49-25-11-4-12-26-49/h1-42H. The third kappa shape index (κ3) is 6.21. The molecule has 3 heteroatoms. The average Bonchev–Trinajstić information content (AvgIpc) is 3.98. The van der Waals surface area contributed by atoms with E-state index in [1.165, 1.54) is 38.2 Å². The molecule has 0 N–H and O–H groups in total. The van der Waals surface area contributed by atoms with Crippen molar-refractivity contribution in [3.05, 3.63) is 255 Å². The van der Waals surface area contributed by atoms with Gasteiger partial charge in [0.2, 0.25) is 0 Å². The first-order chi connectivity index (χ1) is 34.2. The van der Waals surface area contributed by atoms with Gasteiger partial charge in [-0.1, -0.05) is 188 Å². The predicted molar refractivity (Wildman–Crippen MR) is 292 cm³/mol. The van der Waals surface area contributed by atoms with Crippen LogP contribution in [0.15, 0.2) is 259 Å². The summed E-state index contributed by atoms with van der Waals surface area (Å²) in [4.78, 5) is 2.49. The lowest BCUT2D eigenvalue weighted by atomic mass is 9.86. The second kappa shape index (κ2) is 15.7. The lowest BCUT2D eigenvalue weighted by Crippen LogP contribution is -2.11. The molecule has 3 nitrogen and oxygen atoms in total. The number of rotatable bonds is 7. The monoisotopic (exact) mass is 878 g/mol. The molecule has 14 aromatic rings.